The summed E-state index contributed by atoms with van der Waals surface area (Å²) in [5.41, 5.74) is 1.52. The second-order valence-corrected chi connectivity index (χ2v) is 9.78. The molecule has 19 heteroatoms. The number of hydrogen-bond donors (Lipinski definition) is 1. The van der Waals surface area contributed by atoms with E-state index in [4.69, 9.17) is 5.73 Å². The molecule has 4 rings (SSSR count). The van der Waals surface area contributed by atoms with Gasteiger partial charge in [-0.05, 0) is 41.8 Å². The van der Waals surface area contributed by atoms with Crippen LogP contribution in [0.4, 0.5) is 52.7 Å². The van der Waals surface area contributed by atoms with Gasteiger partial charge in [0.05, 0.1) is 17.2 Å². The van der Waals surface area contributed by atoms with Crippen molar-refractivity contribution in [2.45, 2.75) is 56.4 Å². The van der Waals surface area contributed by atoms with Crippen molar-refractivity contribution in [1.29, 1.82) is 0 Å². The third-order valence-electron chi connectivity index (χ3n) is 6.68. The molecule has 0 saturated heterocycles. The molecule has 1 aliphatic heterocycles. The molecule has 1 amide bonds. The van der Waals surface area contributed by atoms with Crippen molar-refractivity contribution in [3.63, 3.8) is 0 Å². The molecule has 0 bridgehead atoms. The number of fused-ring (bicyclic) bond motifs is 1. The summed E-state index contributed by atoms with van der Waals surface area (Å²) < 4.78 is 162. The molecule has 0 aliphatic carbocycles. The van der Waals surface area contributed by atoms with Crippen LogP contribution in [0, 0.1) is 17.5 Å². The van der Waals surface area contributed by atoms with Gasteiger partial charge in [0, 0.05) is 38.0 Å². The van der Waals surface area contributed by atoms with Crippen LogP contribution in [0.1, 0.15) is 46.4 Å². The summed E-state index contributed by atoms with van der Waals surface area (Å²) in [4.78, 5) is 14.1. The molecule has 2 N–H and O–H groups in total. The van der Waals surface area contributed by atoms with Crippen LogP contribution in [0.3, 0.4) is 0 Å². The van der Waals surface area contributed by atoms with Crippen molar-refractivity contribution in [2.75, 3.05) is 6.54 Å². The molecule has 1 aliphatic rings. The summed E-state index contributed by atoms with van der Waals surface area (Å²) >= 11 is 0. The number of nitrogens with two attached hydrogens (primary N) is 1. The van der Waals surface area contributed by atoms with Crippen LogP contribution in [0.25, 0.3) is 0 Å². The van der Waals surface area contributed by atoms with Gasteiger partial charge in [-0.25, -0.2) is 13.2 Å². The van der Waals surface area contributed by atoms with Crippen molar-refractivity contribution in [2.24, 2.45) is 5.73 Å². The zero-order valence-electron chi connectivity index (χ0n) is 21.8. The fraction of sp³-hybridized carbons (Fsp3) is 0.400. The molecule has 0 spiro atoms. The number of carbonyl (C=O) groups excluding carboxylic acids is 1. The molecule has 44 heavy (non-hydrogen) atoms. The zero-order chi connectivity index (χ0) is 32.1. The lowest BCUT2D eigenvalue weighted by Crippen LogP contribution is -2.45. The highest BCUT2D eigenvalue weighted by Gasteiger charge is 2.44. The number of carbonyl (C=O) groups is 1. The first kappa shape index (κ1) is 34.9. The molecule has 3 aromatic rings. The number of amides is 1. The van der Waals surface area contributed by atoms with Gasteiger partial charge in [0.15, 0.2) is 17.5 Å². The van der Waals surface area contributed by atoms with Crippen molar-refractivity contribution in [3.8, 4) is 0 Å². The topological polar surface area (TPSA) is 77.0 Å². The first-order chi connectivity index (χ1) is 19.8. The van der Waals surface area contributed by atoms with Crippen molar-refractivity contribution >= 4 is 18.3 Å². The Hall–Kier alpha value is -3.54. The molecule has 0 saturated carbocycles. The number of nitrogens with zero attached hydrogens (tertiary/aromatic N) is 4. The van der Waals surface area contributed by atoms with E-state index in [0.29, 0.717) is 22.8 Å². The summed E-state index contributed by atoms with van der Waals surface area (Å²) in [5.74, 6) is -7.03. The van der Waals surface area contributed by atoms with Crippen LogP contribution in [-0.2, 0) is 42.7 Å². The van der Waals surface area contributed by atoms with E-state index in [2.05, 4.69) is 10.2 Å². The van der Waals surface area contributed by atoms with E-state index in [9.17, 15) is 57.5 Å². The number of rotatable bonds is 6. The maximum atomic E-state index is 14.1. The van der Waals surface area contributed by atoms with Crippen LogP contribution in [-0.4, -0.2) is 38.2 Å². The molecule has 2 heterocycles. The second-order valence-electron chi connectivity index (χ2n) is 9.78. The Balaban J connectivity index is 0.00000529. The normalized spacial score (nSPS) is 16.4. The number of halogens is 13. The van der Waals surface area contributed by atoms with Gasteiger partial charge < -0.3 is 15.2 Å². The molecule has 0 radical (unpaired) electrons. The van der Waals surface area contributed by atoms with Crippen molar-refractivity contribution < 1.29 is 57.5 Å². The van der Waals surface area contributed by atoms with E-state index >= 15 is 0 Å². The van der Waals surface area contributed by atoms with Gasteiger partial charge in [0.2, 0.25) is 11.7 Å². The Kier molecular flexibility index (Phi) is 9.89. The maximum absolute atomic E-state index is 14.1. The van der Waals surface area contributed by atoms with E-state index in [0.717, 1.165) is 4.90 Å². The minimum absolute atomic E-state index is 0. The third-order valence-corrected chi connectivity index (χ3v) is 6.68. The summed E-state index contributed by atoms with van der Waals surface area (Å²) in [7, 11) is 0. The molecule has 2 aromatic carbocycles. The highest BCUT2D eigenvalue weighted by atomic mass is 35.5. The zero-order valence-corrected chi connectivity index (χ0v) is 22.6. The summed E-state index contributed by atoms with van der Waals surface area (Å²) in [6.07, 6.45) is -17.5. The fourth-order valence-electron chi connectivity index (χ4n) is 4.77. The minimum atomic E-state index is -5.22. The second kappa shape index (κ2) is 12.5. The Morgan fingerprint density at radius 1 is 0.818 bits per heavy atom. The summed E-state index contributed by atoms with van der Waals surface area (Å²) in [6.45, 7) is -1.04. The average Bonchev–Trinajstić information content (AvgIpc) is 3.31. The first-order valence-electron chi connectivity index (χ1n) is 12.2. The van der Waals surface area contributed by atoms with Gasteiger partial charge >= 0.3 is 18.5 Å². The van der Waals surface area contributed by atoms with Crippen LogP contribution < -0.4 is 5.73 Å². The van der Waals surface area contributed by atoms with Crippen LogP contribution in [0.15, 0.2) is 30.3 Å². The van der Waals surface area contributed by atoms with Gasteiger partial charge in [-0.15, -0.1) is 22.6 Å². The van der Waals surface area contributed by atoms with Gasteiger partial charge in [0.1, 0.15) is 5.82 Å². The number of hydrogen-bond acceptors (Lipinski definition) is 4. The van der Waals surface area contributed by atoms with Crippen molar-refractivity contribution in [3.05, 3.63) is 81.7 Å². The van der Waals surface area contributed by atoms with Gasteiger partial charge in [0.25, 0.3) is 0 Å². The monoisotopic (exact) mass is 669 g/mol. The number of benzene rings is 2. The lowest BCUT2D eigenvalue weighted by molar-refractivity contribution is -0.149. The Bertz CT molecular complexity index is 1490. The lowest BCUT2D eigenvalue weighted by Gasteiger charge is -2.37. The summed E-state index contributed by atoms with van der Waals surface area (Å²) in [6, 6.07) is -1.50. The molecule has 242 valence electrons. The van der Waals surface area contributed by atoms with Crippen LogP contribution in [0.5, 0.6) is 0 Å². The first-order valence-corrected chi connectivity index (χ1v) is 12.2. The molecule has 0 fully saturated rings. The van der Waals surface area contributed by atoms with Gasteiger partial charge in [-0.3, -0.25) is 4.79 Å². The van der Waals surface area contributed by atoms with Crippen molar-refractivity contribution in [1.82, 2.24) is 19.7 Å². The van der Waals surface area contributed by atoms with E-state index in [1.165, 1.54) is 0 Å². The molecule has 2 atom stereocenters. The minimum Gasteiger partial charge on any atom is -0.330 e. The molecule has 0 unspecified atom stereocenters. The third kappa shape index (κ3) is 7.57. The summed E-state index contributed by atoms with van der Waals surface area (Å²) in [5, 5.41) is 6.52. The Morgan fingerprint density at radius 2 is 1.39 bits per heavy atom. The number of aromatic nitrogens is 3. The Morgan fingerprint density at radius 3 is 1.93 bits per heavy atom. The largest absolute Gasteiger partial charge is 0.451 e. The van der Waals surface area contributed by atoms with Gasteiger partial charge in [-0.1, -0.05) is 0 Å². The Labute approximate surface area is 246 Å². The van der Waals surface area contributed by atoms with Crippen LogP contribution >= 0.6 is 12.4 Å². The molecule has 6 nitrogen and oxygen atoms in total. The highest BCUT2D eigenvalue weighted by Crippen LogP contribution is 2.39. The maximum Gasteiger partial charge on any atom is 0.451 e. The van der Waals surface area contributed by atoms with E-state index in [1.54, 1.807) is 0 Å². The predicted molar refractivity (Wildman–Crippen MR) is 129 cm³/mol. The van der Waals surface area contributed by atoms with E-state index in [-0.39, 0.29) is 24.5 Å². The average molecular weight is 670 g/mol. The smallest absolute Gasteiger partial charge is 0.330 e. The van der Waals surface area contributed by atoms with E-state index in [1.807, 2.05) is 0 Å². The molecule has 1 aromatic heterocycles. The van der Waals surface area contributed by atoms with Gasteiger partial charge in [-0.2, -0.15) is 39.5 Å². The quantitative estimate of drug-likeness (QED) is 0.249. The number of alkyl halides is 9. The lowest BCUT2D eigenvalue weighted by atomic mass is 9.96. The van der Waals surface area contributed by atoms with E-state index < -0.39 is 120 Å². The SMILES string of the molecule is Cl.N[C@@H](CC(=O)N1CCn2c(nnc2C(F)(F)F)[C@@H]1Cc1cc(C(F)(F)F)cc(C(F)(F)F)c1)Cc1cc(F)c(F)cc1F. The fourth-order valence-corrected chi connectivity index (χ4v) is 4.77. The molecular formula is C25H20ClF12N5O. The van der Waals surface area contributed by atoms with Crippen LogP contribution in [0.2, 0.25) is 0 Å². The highest BCUT2D eigenvalue weighted by molar-refractivity contribution is 5.85. The predicted octanol–water partition coefficient (Wildman–Crippen LogP) is 6.26. The standard InChI is InChI=1S/C25H19F12N5O.ClH/c26-16-10-18(28)17(27)7-12(16)6-15(38)9-20(43)41-1-2-42-21(39-40-22(42)25(35,36)37)19(41)5-11-3-13(23(29,30)31)8-14(4-11)24(32,33)34;/h3-4,7-8,10,15,19H,1-2,5-6,9,38H2;1H/t15-,19+;/m1./s1. The molecular weight excluding hydrogens is 650 g/mol.